The minimum Gasteiger partial charge on any atom is -0.356 e. The Hall–Kier alpha value is -1.73. The van der Waals surface area contributed by atoms with Crippen LogP contribution in [0.2, 0.25) is 0 Å². The first-order valence-corrected chi connectivity index (χ1v) is 11.8. The summed E-state index contributed by atoms with van der Waals surface area (Å²) in [4.78, 5) is 4.64. The number of aliphatic imine (C=N–C) groups is 1. The molecular weight excluding hydrogens is 529 g/mol. The second-order valence-electron chi connectivity index (χ2n) is 7.33. The van der Waals surface area contributed by atoms with Crippen LogP contribution in [0.15, 0.2) is 46.5 Å². The second-order valence-corrected chi connectivity index (χ2v) is 9.27. The third-order valence-corrected chi connectivity index (χ3v) is 7.31. The van der Waals surface area contributed by atoms with Gasteiger partial charge in [-0.25, -0.2) is 8.42 Å². The summed E-state index contributed by atoms with van der Waals surface area (Å²) in [5, 5.41) is 14.7. The van der Waals surface area contributed by atoms with Crippen LogP contribution >= 0.6 is 24.0 Å². The normalized spacial score (nSPS) is 16.0. The van der Waals surface area contributed by atoms with E-state index in [0.717, 1.165) is 50.7 Å². The lowest BCUT2D eigenvalue weighted by Gasteiger charge is -2.31. The Labute approximate surface area is 201 Å². The largest absolute Gasteiger partial charge is 0.356 e. The van der Waals surface area contributed by atoms with E-state index < -0.39 is 10.0 Å². The van der Waals surface area contributed by atoms with Gasteiger partial charge in [0.05, 0.1) is 4.90 Å². The first-order valence-electron chi connectivity index (χ1n) is 10.4. The van der Waals surface area contributed by atoms with Crippen molar-refractivity contribution in [1.82, 2.24) is 29.7 Å². The summed E-state index contributed by atoms with van der Waals surface area (Å²) in [6, 6.07) is 8.65. The molecule has 0 amide bonds. The topological polar surface area (TPSA) is 105 Å². The summed E-state index contributed by atoms with van der Waals surface area (Å²) >= 11 is 0. The van der Waals surface area contributed by atoms with Crippen LogP contribution in [0.1, 0.15) is 25.6 Å². The lowest BCUT2D eigenvalue weighted by molar-refractivity contribution is 0.273. The lowest BCUT2D eigenvalue weighted by atomic mass is 9.98. The van der Waals surface area contributed by atoms with Gasteiger partial charge in [-0.15, -0.1) is 34.2 Å². The van der Waals surface area contributed by atoms with Crippen molar-refractivity contribution >= 4 is 40.0 Å². The van der Waals surface area contributed by atoms with E-state index in [1.165, 1.54) is 0 Å². The van der Waals surface area contributed by atoms with E-state index in [2.05, 4.69) is 32.7 Å². The van der Waals surface area contributed by atoms with Gasteiger partial charge < -0.3 is 15.2 Å². The minimum atomic E-state index is -3.40. The lowest BCUT2D eigenvalue weighted by Crippen LogP contribution is -2.44. The van der Waals surface area contributed by atoms with Crippen molar-refractivity contribution < 1.29 is 8.42 Å². The highest BCUT2D eigenvalue weighted by atomic mass is 127. The van der Waals surface area contributed by atoms with Crippen molar-refractivity contribution in [2.24, 2.45) is 10.9 Å². The molecule has 1 aliphatic rings. The number of rotatable bonds is 8. The van der Waals surface area contributed by atoms with Gasteiger partial charge in [0.2, 0.25) is 10.0 Å². The fraction of sp³-hybridized carbons (Fsp3) is 0.550. The van der Waals surface area contributed by atoms with E-state index in [0.29, 0.717) is 23.9 Å². The molecule has 1 fully saturated rings. The Morgan fingerprint density at radius 2 is 1.90 bits per heavy atom. The number of aryl methyl sites for hydroxylation is 1. The molecule has 1 aromatic heterocycles. The molecule has 1 aromatic carbocycles. The molecule has 2 heterocycles. The number of nitrogens with zero attached hydrogens (tertiary/aromatic N) is 5. The van der Waals surface area contributed by atoms with Gasteiger partial charge in [0.1, 0.15) is 12.2 Å². The zero-order valence-corrected chi connectivity index (χ0v) is 21.2. The van der Waals surface area contributed by atoms with Crippen LogP contribution in [0.3, 0.4) is 0 Å². The summed E-state index contributed by atoms with van der Waals surface area (Å²) in [5.41, 5.74) is 0. The van der Waals surface area contributed by atoms with Crippen LogP contribution < -0.4 is 10.6 Å². The predicted octanol–water partition coefficient (Wildman–Crippen LogP) is 1.72. The average Bonchev–Trinajstić information content (AvgIpc) is 3.24. The maximum Gasteiger partial charge on any atom is 0.243 e. The van der Waals surface area contributed by atoms with Gasteiger partial charge in [0, 0.05) is 46.2 Å². The summed E-state index contributed by atoms with van der Waals surface area (Å²) in [7, 11) is -1.65. The van der Waals surface area contributed by atoms with Crippen LogP contribution in [0.4, 0.5) is 0 Å². The fourth-order valence-corrected chi connectivity index (χ4v) is 5.08. The minimum absolute atomic E-state index is 0. The summed E-state index contributed by atoms with van der Waals surface area (Å²) in [6.07, 6.45) is 4.26. The van der Waals surface area contributed by atoms with Crippen molar-refractivity contribution in [3.05, 3.63) is 42.5 Å². The molecule has 3 rings (SSSR count). The molecule has 0 atom stereocenters. The maximum absolute atomic E-state index is 12.7. The van der Waals surface area contributed by atoms with E-state index in [4.69, 9.17) is 0 Å². The fourth-order valence-electron chi connectivity index (χ4n) is 3.59. The quantitative estimate of drug-likeness (QED) is 0.289. The first kappa shape index (κ1) is 25.5. The van der Waals surface area contributed by atoms with E-state index in [-0.39, 0.29) is 24.0 Å². The number of hydrogen-bond acceptors (Lipinski definition) is 5. The Morgan fingerprint density at radius 1 is 1.19 bits per heavy atom. The monoisotopic (exact) mass is 561 g/mol. The molecule has 0 unspecified atom stereocenters. The molecular formula is C20H32IN7O2S. The number of nitrogens with one attached hydrogen (secondary N) is 2. The summed E-state index contributed by atoms with van der Waals surface area (Å²) < 4.78 is 29.1. The van der Waals surface area contributed by atoms with Crippen molar-refractivity contribution in [2.75, 3.05) is 33.2 Å². The molecule has 2 N–H and O–H groups in total. The average molecular weight is 561 g/mol. The molecule has 31 heavy (non-hydrogen) atoms. The van der Waals surface area contributed by atoms with Gasteiger partial charge in [0.25, 0.3) is 0 Å². The Bertz CT molecular complexity index is 926. The van der Waals surface area contributed by atoms with Crippen molar-refractivity contribution in [3.63, 3.8) is 0 Å². The molecule has 1 aliphatic heterocycles. The highest BCUT2D eigenvalue weighted by Crippen LogP contribution is 2.23. The molecule has 0 aliphatic carbocycles. The molecule has 2 aromatic rings. The van der Waals surface area contributed by atoms with Crippen LogP contribution in [0.25, 0.3) is 0 Å². The molecule has 9 nitrogen and oxygen atoms in total. The van der Waals surface area contributed by atoms with Gasteiger partial charge in [-0.3, -0.25) is 4.99 Å². The molecule has 0 saturated carbocycles. The van der Waals surface area contributed by atoms with E-state index in [9.17, 15) is 8.42 Å². The van der Waals surface area contributed by atoms with Crippen LogP contribution in [-0.4, -0.2) is 66.7 Å². The van der Waals surface area contributed by atoms with Gasteiger partial charge >= 0.3 is 0 Å². The smallest absolute Gasteiger partial charge is 0.243 e. The summed E-state index contributed by atoms with van der Waals surface area (Å²) in [6.45, 7) is 5.41. The molecule has 0 radical (unpaired) electrons. The van der Waals surface area contributed by atoms with E-state index >= 15 is 0 Å². The van der Waals surface area contributed by atoms with E-state index in [1.54, 1.807) is 41.9 Å². The van der Waals surface area contributed by atoms with Crippen molar-refractivity contribution in [1.29, 1.82) is 0 Å². The molecule has 0 spiro atoms. The Balaban J connectivity index is 0.00000341. The highest BCUT2D eigenvalue weighted by Gasteiger charge is 2.29. The van der Waals surface area contributed by atoms with Gasteiger partial charge in [-0.1, -0.05) is 25.1 Å². The van der Waals surface area contributed by atoms with Gasteiger partial charge in [0.15, 0.2) is 5.96 Å². The van der Waals surface area contributed by atoms with Gasteiger partial charge in [-0.05, 0) is 30.9 Å². The third-order valence-electron chi connectivity index (χ3n) is 5.39. The molecule has 1 saturated heterocycles. The number of sulfonamides is 1. The highest BCUT2D eigenvalue weighted by molar-refractivity contribution is 14.0. The number of piperidine rings is 1. The zero-order chi connectivity index (χ0) is 21.4. The number of guanidine groups is 1. The van der Waals surface area contributed by atoms with Crippen LogP contribution in [0.5, 0.6) is 0 Å². The van der Waals surface area contributed by atoms with Crippen molar-refractivity contribution in [3.8, 4) is 0 Å². The van der Waals surface area contributed by atoms with Gasteiger partial charge in [-0.2, -0.15) is 4.31 Å². The SMILES string of the molecule is CCc1nncn1CCNC(=NC)NCC1CCN(S(=O)(=O)c2ccccc2)CC1.I. The second kappa shape index (κ2) is 12.3. The van der Waals surface area contributed by atoms with E-state index in [1.807, 2.05) is 10.6 Å². The predicted molar refractivity (Wildman–Crippen MR) is 132 cm³/mol. The Morgan fingerprint density at radius 3 is 2.55 bits per heavy atom. The number of aromatic nitrogens is 3. The standard InChI is InChI=1S/C20H31N7O2S.HI/c1-3-19-25-24-16-26(19)14-11-22-20(21-2)23-15-17-9-12-27(13-10-17)30(28,29)18-7-5-4-6-8-18;/h4-8,16-17H,3,9-15H2,1-2H3,(H2,21,22,23);1H. The van der Waals surface area contributed by atoms with Crippen molar-refractivity contribution in [2.45, 2.75) is 37.6 Å². The maximum atomic E-state index is 12.7. The summed E-state index contributed by atoms with van der Waals surface area (Å²) in [5.74, 6) is 2.13. The zero-order valence-electron chi connectivity index (χ0n) is 18.1. The molecule has 172 valence electrons. The number of hydrogen-bond donors (Lipinski definition) is 2. The third kappa shape index (κ3) is 6.88. The van der Waals surface area contributed by atoms with Crippen LogP contribution in [0, 0.1) is 5.92 Å². The number of halogens is 1. The van der Waals surface area contributed by atoms with Crippen LogP contribution in [-0.2, 0) is 23.0 Å². The molecule has 11 heteroatoms. The Kier molecular flexibility index (Phi) is 10.2. The number of benzene rings is 1. The first-order chi connectivity index (χ1) is 14.5. The molecule has 0 bridgehead atoms.